The number of aryl methyl sites for hydroxylation is 1. The molecule has 0 amide bonds. The third-order valence-corrected chi connectivity index (χ3v) is 7.52. The van der Waals surface area contributed by atoms with Crippen molar-refractivity contribution in [2.75, 3.05) is 16.6 Å². The third-order valence-electron chi connectivity index (χ3n) is 5.83. The highest BCUT2D eigenvalue weighted by atomic mass is 32.2. The Morgan fingerprint density at radius 2 is 1.97 bits per heavy atom. The van der Waals surface area contributed by atoms with E-state index in [0.29, 0.717) is 11.6 Å². The summed E-state index contributed by atoms with van der Waals surface area (Å²) in [6.45, 7) is 9.41. The number of nitrogens with zero attached hydrogens (tertiary/aromatic N) is 3. The predicted octanol–water partition coefficient (Wildman–Crippen LogP) is 3.64. The van der Waals surface area contributed by atoms with Gasteiger partial charge in [-0.3, -0.25) is 4.90 Å². The summed E-state index contributed by atoms with van der Waals surface area (Å²) in [4.78, 5) is 6.41. The molecular formula is C22H28N4O2S. The molecule has 6 nitrogen and oxygen atoms in total. The number of benzene rings is 1. The van der Waals surface area contributed by atoms with E-state index in [-0.39, 0.29) is 16.4 Å². The second-order valence-electron chi connectivity index (χ2n) is 8.81. The molecule has 1 fully saturated rings. The highest BCUT2D eigenvalue weighted by Crippen LogP contribution is 2.41. The molecule has 2 aromatic rings. The van der Waals surface area contributed by atoms with E-state index in [1.165, 1.54) is 10.4 Å². The van der Waals surface area contributed by atoms with Gasteiger partial charge in [0.15, 0.2) is 5.03 Å². The second-order valence-corrected chi connectivity index (χ2v) is 10.6. The van der Waals surface area contributed by atoms with Crippen LogP contribution in [-0.4, -0.2) is 36.6 Å². The summed E-state index contributed by atoms with van der Waals surface area (Å²) in [5.74, 6) is 0.683. The van der Waals surface area contributed by atoms with Crippen LogP contribution in [-0.2, 0) is 10.0 Å². The van der Waals surface area contributed by atoms with Gasteiger partial charge in [0.05, 0.1) is 5.69 Å². The highest BCUT2D eigenvalue weighted by Gasteiger charge is 2.46. The van der Waals surface area contributed by atoms with Crippen LogP contribution in [0, 0.1) is 12.8 Å². The van der Waals surface area contributed by atoms with E-state index in [4.69, 9.17) is 5.73 Å². The smallest absolute Gasteiger partial charge is 0.283 e. The number of sulfonamides is 1. The average Bonchev–Trinajstić information content (AvgIpc) is 2.92. The molecule has 0 aliphatic carbocycles. The molecule has 0 radical (unpaired) electrons. The van der Waals surface area contributed by atoms with Crippen LogP contribution in [0.2, 0.25) is 0 Å². The van der Waals surface area contributed by atoms with Crippen LogP contribution >= 0.6 is 0 Å². The molecule has 0 saturated carbocycles. The number of likely N-dealkylation sites (tertiary alicyclic amines) is 1. The topological polar surface area (TPSA) is 79.5 Å². The molecule has 2 aliphatic rings. The molecule has 7 heteroatoms. The Kier molecular flexibility index (Phi) is 4.70. The Labute approximate surface area is 173 Å². The molecule has 4 rings (SSSR count). The fraction of sp³-hybridized carbons (Fsp3) is 0.409. The van der Waals surface area contributed by atoms with E-state index in [1.54, 1.807) is 12.1 Å². The summed E-state index contributed by atoms with van der Waals surface area (Å²) in [7, 11) is -3.92. The lowest BCUT2D eigenvalue weighted by molar-refractivity contribution is 0.144. The normalized spacial score (nSPS) is 23.9. The van der Waals surface area contributed by atoms with Crippen LogP contribution < -0.4 is 10.0 Å². The number of hydrogen-bond acceptors (Lipinski definition) is 5. The van der Waals surface area contributed by atoms with Crippen LogP contribution in [0.25, 0.3) is 6.08 Å². The Balaban J connectivity index is 1.89. The monoisotopic (exact) mass is 412 g/mol. The Morgan fingerprint density at radius 1 is 1.21 bits per heavy atom. The largest absolute Gasteiger partial charge is 0.384 e. The van der Waals surface area contributed by atoms with Crippen LogP contribution in [0.15, 0.2) is 47.5 Å². The maximum atomic E-state index is 13.8. The van der Waals surface area contributed by atoms with Crippen LogP contribution in [0.1, 0.15) is 38.3 Å². The zero-order valence-electron chi connectivity index (χ0n) is 17.3. The fourth-order valence-electron chi connectivity index (χ4n) is 4.68. The molecule has 1 unspecified atom stereocenters. The number of nitrogen functional groups attached to an aromatic ring is 1. The minimum Gasteiger partial charge on any atom is -0.384 e. The molecule has 1 aromatic heterocycles. The first-order valence-electron chi connectivity index (χ1n) is 9.92. The predicted molar refractivity (Wildman–Crippen MR) is 117 cm³/mol. The van der Waals surface area contributed by atoms with E-state index in [0.717, 1.165) is 24.1 Å². The van der Waals surface area contributed by atoms with E-state index < -0.39 is 16.2 Å². The number of anilines is 2. The molecule has 0 bridgehead atoms. The molecule has 29 heavy (non-hydrogen) atoms. The van der Waals surface area contributed by atoms with Crippen LogP contribution in [0.4, 0.5) is 11.5 Å². The van der Waals surface area contributed by atoms with Crippen LogP contribution in [0.3, 0.4) is 0 Å². The molecule has 1 saturated heterocycles. The van der Waals surface area contributed by atoms with Gasteiger partial charge in [0.25, 0.3) is 10.0 Å². The van der Waals surface area contributed by atoms with Gasteiger partial charge in [-0.1, -0.05) is 30.7 Å². The third kappa shape index (κ3) is 3.42. The first kappa shape index (κ1) is 19.9. The molecule has 2 atom stereocenters. The zero-order chi connectivity index (χ0) is 21.0. The van der Waals surface area contributed by atoms with Crippen molar-refractivity contribution >= 4 is 27.6 Å². The standard InChI is InChI=1S/C22H28N4O2S/c1-15-8-10-18-17(12-15)9-11-21(25-14-16(2)13-22(25,3)4)26(18)29(27,28)20-7-5-6-19(23)24-20/h5-12,16,21H,13-14H2,1-4H3,(H2,23,24)/t16-,21?/m0/s1. The first-order valence-corrected chi connectivity index (χ1v) is 11.4. The van der Waals surface area contributed by atoms with E-state index >= 15 is 0 Å². The number of nitrogens with two attached hydrogens (primary N) is 1. The maximum absolute atomic E-state index is 13.8. The molecule has 1 aromatic carbocycles. The van der Waals surface area contributed by atoms with Gasteiger partial charge in [-0.2, -0.15) is 8.42 Å². The fourth-order valence-corrected chi connectivity index (χ4v) is 6.25. The van der Waals surface area contributed by atoms with Crippen molar-refractivity contribution in [3.05, 3.63) is 53.6 Å². The van der Waals surface area contributed by atoms with Crippen molar-refractivity contribution in [2.24, 2.45) is 5.92 Å². The van der Waals surface area contributed by atoms with E-state index in [1.807, 2.05) is 37.3 Å². The van der Waals surface area contributed by atoms with Gasteiger partial charge in [0, 0.05) is 12.1 Å². The van der Waals surface area contributed by atoms with Crippen molar-refractivity contribution in [3.8, 4) is 0 Å². The Morgan fingerprint density at radius 3 is 2.62 bits per heavy atom. The van der Waals surface area contributed by atoms with E-state index in [9.17, 15) is 8.42 Å². The lowest BCUT2D eigenvalue weighted by atomic mass is 9.97. The van der Waals surface area contributed by atoms with E-state index in [2.05, 4.69) is 30.7 Å². The van der Waals surface area contributed by atoms with Crippen molar-refractivity contribution in [1.29, 1.82) is 0 Å². The Hall–Kier alpha value is -2.38. The summed E-state index contributed by atoms with van der Waals surface area (Å²) in [5, 5.41) is -0.0330. The number of hydrogen-bond donors (Lipinski definition) is 1. The number of pyridine rings is 1. The summed E-state index contributed by atoms with van der Waals surface area (Å²) < 4.78 is 29.1. The SMILES string of the molecule is Cc1ccc2c(c1)C=CC(N1C[C@@H](C)CC1(C)C)N2S(=O)(=O)c1cccc(N)n1. The lowest BCUT2D eigenvalue weighted by Crippen LogP contribution is -2.56. The molecule has 0 spiro atoms. The molecule has 2 aliphatic heterocycles. The Bertz CT molecular complexity index is 1080. The molecule has 2 N–H and O–H groups in total. The highest BCUT2D eigenvalue weighted by molar-refractivity contribution is 7.92. The average molecular weight is 413 g/mol. The summed E-state index contributed by atoms with van der Waals surface area (Å²) in [6.07, 6.45) is 4.62. The molecular weight excluding hydrogens is 384 g/mol. The molecule has 3 heterocycles. The first-order chi connectivity index (χ1) is 13.6. The van der Waals surface area contributed by atoms with Gasteiger partial charge >= 0.3 is 0 Å². The number of fused-ring (bicyclic) bond motifs is 1. The lowest BCUT2D eigenvalue weighted by Gasteiger charge is -2.44. The van der Waals surface area contributed by atoms with Crippen molar-refractivity contribution in [2.45, 2.75) is 50.8 Å². The number of aromatic nitrogens is 1. The summed E-state index contributed by atoms with van der Waals surface area (Å²) >= 11 is 0. The van der Waals surface area contributed by atoms with Gasteiger partial charge in [0.2, 0.25) is 0 Å². The van der Waals surface area contributed by atoms with Crippen LogP contribution in [0.5, 0.6) is 0 Å². The maximum Gasteiger partial charge on any atom is 0.283 e. The minimum absolute atomic E-state index is 0.0330. The van der Waals surface area contributed by atoms with Gasteiger partial charge in [-0.05, 0) is 69.0 Å². The van der Waals surface area contributed by atoms with Crippen molar-refractivity contribution in [1.82, 2.24) is 9.88 Å². The quantitative estimate of drug-likeness (QED) is 0.833. The summed E-state index contributed by atoms with van der Waals surface area (Å²) in [5.41, 5.74) is 8.32. The minimum atomic E-state index is -3.92. The summed E-state index contributed by atoms with van der Waals surface area (Å²) in [6, 6.07) is 10.6. The van der Waals surface area contributed by atoms with Gasteiger partial charge in [0.1, 0.15) is 12.0 Å². The van der Waals surface area contributed by atoms with Crippen molar-refractivity contribution in [3.63, 3.8) is 0 Å². The number of rotatable bonds is 3. The molecule has 154 valence electrons. The second kappa shape index (κ2) is 6.85. The van der Waals surface area contributed by atoms with Crippen molar-refractivity contribution < 1.29 is 8.42 Å². The zero-order valence-corrected chi connectivity index (χ0v) is 18.1. The van der Waals surface area contributed by atoms with Gasteiger partial charge < -0.3 is 5.73 Å². The van der Waals surface area contributed by atoms with Gasteiger partial charge in [-0.25, -0.2) is 9.29 Å². The van der Waals surface area contributed by atoms with Gasteiger partial charge in [-0.15, -0.1) is 0 Å².